The quantitative estimate of drug-likeness (QED) is 0.0460. The van der Waals surface area contributed by atoms with Crippen molar-refractivity contribution in [2.24, 2.45) is 7.05 Å². The summed E-state index contributed by atoms with van der Waals surface area (Å²) in [6, 6.07) is 13.6. The van der Waals surface area contributed by atoms with E-state index in [0.717, 1.165) is 0 Å². The minimum Gasteiger partial charge on any atom is -1.00 e. The fourth-order valence-electron chi connectivity index (χ4n) is 6.27. The third-order valence-corrected chi connectivity index (χ3v) is 9.29. The van der Waals surface area contributed by atoms with Gasteiger partial charge in [-0.1, -0.05) is 179 Å². The standard InChI is InChI=1S/C42H71N2.HI/c1-4-6-8-10-12-14-16-18-20-22-24-26-36-44(37-27-25-23-21-19-17-15-13-11-9-7-5-2)42-32-30-40(31-33-42)28-29-41-34-38-43(3)39-35-41;/h28-35,38-39H,4-27,36-37H2,1-3H3;1H/q+1;/p-1. The van der Waals surface area contributed by atoms with E-state index in [0.29, 0.717) is 0 Å². The monoisotopic (exact) mass is 730 g/mol. The Balaban J connectivity index is 0.0000101. The van der Waals surface area contributed by atoms with Crippen molar-refractivity contribution in [3.63, 3.8) is 0 Å². The van der Waals surface area contributed by atoms with Crippen LogP contribution in [0.5, 0.6) is 0 Å². The van der Waals surface area contributed by atoms with Gasteiger partial charge in [-0.3, -0.25) is 0 Å². The smallest absolute Gasteiger partial charge is 0.169 e. The van der Waals surface area contributed by atoms with Gasteiger partial charge in [0.15, 0.2) is 12.4 Å². The fourth-order valence-corrected chi connectivity index (χ4v) is 6.27. The van der Waals surface area contributed by atoms with E-state index in [4.69, 9.17) is 0 Å². The molecule has 0 bridgehead atoms. The number of aromatic nitrogens is 1. The summed E-state index contributed by atoms with van der Waals surface area (Å²) in [5.74, 6) is 0. The summed E-state index contributed by atoms with van der Waals surface area (Å²) in [6.45, 7) is 7.01. The van der Waals surface area contributed by atoms with E-state index >= 15 is 0 Å². The van der Waals surface area contributed by atoms with Gasteiger partial charge in [0.1, 0.15) is 7.05 Å². The van der Waals surface area contributed by atoms with E-state index in [-0.39, 0.29) is 24.0 Å². The Bertz CT molecular complexity index is 893. The molecule has 0 amide bonds. The second kappa shape index (κ2) is 30.0. The second-order valence-corrected chi connectivity index (χ2v) is 13.5. The highest BCUT2D eigenvalue weighted by Gasteiger charge is 2.07. The van der Waals surface area contributed by atoms with Crippen LogP contribution in [0.25, 0.3) is 12.2 Å². The minimum absolute atomic E-state index is 0. The van der Waals surface area contributed by atoms with Gasteiger partial charge in [0.2, 0.25) is 0 Å². The number of aryl methyl sites for hydroxylation is 1. The number of unbranched alkanes of at least 4 members (excludes halogenated alkanes) is 22. The first-order valence-electron chi connectivity index (χ1n) is 19.2. The Hall–Kier alpha value is -1.36. The number of benzene rings is 1. The summed E-state index contributed by atoms with van der Waals surface area (Å²) in [5.41, 5.74) is 3.92. The summed E-state index contributed by atoms with van der Waals surface area (Å²) in [7, 11) is 2.06. The lowest BCUT2D eigenvalue weighted by molar-refractivity contribution is -0.671. The second-order valence-electron chi connectivity index (χ2n) is 13.5. The molecule has 2 aromatic rings. The Labute approximate surface area is 297 Å². The molecule has 0 radical (unpaired) electrons. The van der Waals surface area contributed by atoms with E-state index in [1.165, 1.54) is 184 Å². The number of hydrogen-bond acceptors (Lipinski definition) is 1. The van der Waals surface area contributed by atoms with Crippen LogP contribution >= 0.6 is 0 Å². The van der Waals surface area contributed by atoms with E-state index < -0.39 is 0 Å². The highest BCUT2D eigenvalue weighted by molar-refractivity contribution is 5.70. The largest absolute Gasteiger partial charge is 1.00 e. The summed E-state index contributed by atoms with van der Waals surface area (Å²) < 4.78 is 2.08. The third kappa shape index (κ3) is 22.7. The van der Waals surface area contributed by atoms with Crippen molar-refractivity contribution in [3.05, 3.63) is 59.9 Å². The number of halogens is 1. The number of pyridine rings is 1. The normalized spacial score (nSPS) is 11.3. The van der Waals surface area contributed by atoms with Gasteiger partial charge in [-0.15, -0.1) is 0 Å². The van der Waals surface area contributed by atoms with Gasteiger partial charge < -0.3 is 28.9 Å². The highest BCUT2D eigenvalue weighted by atomic mass is 127. The van der Waals surface area contributed by atoms with Crippen molar-refractivity contribution in [3.8, 4) is 0 Å². The zero-order valence-corrected chi connectivity index (χ0v) is 32.1. The van der Waals surface area contributed by atoms with Crippen molar-refractivity contribution in [2.75, 3.05) is 18.0 Å². The maximum absolute atomic E-state index is 2.68. The SMILES string of the molecule is CCCCCCCCCCCCCCN(CCCCCCCCCCCCCC)c1ccc(/C=C/c2cc[n+](C)cc2)cc1.[I-]. The first-order chi connectivity index (χ1) is 21.7. The first kappa shape index (κ1) is 41.7. The topological polar surface area (TPSA) is 7.12 Å². The number of nitrogens with zero attached hydrogens (tertiary/aromatic N) is 2. The Morgan fingerprint density at radius 1 is 0.444 bits per heavy atom. The molecule has 0 aliphatic heterocycles. The van der Waals surface area contributed by atoms with E-state index in [1.807, 2.05) is 0 Å². The average Bonchev–Trinajstić information content (AvgIpc) is 3.05. The molecular formula is C42H71IN2. The predicted octanol–water partition coefficient (Wildman–Crippen LogP) is 9.89. The molecule has 0 unspecified atom stereocenters. The molecule has 2 nitrogen and oxygen atoms in total. The van der Waals surface area contributed by atoms with Crippen molar-refractivity contribution in [2.45, 2.75) is 168 Å². The van der Waals surface area contributed by atoms with Crippen LogP contribution in [-0.4, -0.2) is 13.1 Å². The van der Waals surface area contributed by atoms with Crippen LogP contribution < -0.4 is 33.4 Å². The molecule has 0 aliphatic rings. The maximum atomic E-state index is 2.68. The van der Waals surface area contributed by atoms with Crippen molar-refractivity contribution in [1.29, 1.82) is 0 Å². The van der Waals surface area contributed by atoms with Crippen molar-refractivity contribution >= 4 is 17.8 Å². The summed E-state index contributed by atoms with van der Waals surface area (Å²) in [5, 5.41) is 0. The molecule has 0 aliphatic carbocycles. The Kier molecular flexibility index (Phi) is 27.8. The molecule has 256 valence electrons. The summed E-state index contributed by atoms with van der Waals surface area (Å²) in [4.78, 5) is 2.68. The van der Waals surface area contributed by atoms with Crippen LogP contribution in [0.3, 0.4) is 0 Å². The van der Waals surface area contributed by atoms with Crippen molar-refractivity contribution < 1.29 is 28.5 Å². The zero-order chi connectivity index (χ0) is 31.3. The molecule has 2 rings (SSSR count). The lowest BCUT2D eigenvalue weighted by Gasteiger charge is -2.25. The van der Waals surface area contributed by atoms with Crippen LogP contribution in [0.2, 0.25) is 0 Å². The van der Waals surface area contributed by atoms with Crippen LogP contribution in [0.1, 0.15) is 179 Å². The molecule has 3 heteroatoms. The molecule has 0 saturated heterocycles. The highest BCUT2D eigenvalue weighted by Crippen LogP contribution is 2.20. The van der Waals surface area contributed by atoms with E-state index in [9.17, 15) is 0 Å². The van der Waals surface area contributed by atoms with Crippen molar-refractivity contribution in [1.82, 2.24) is 0 Å². The lowest BCUT2D eigenvalue weighted by Crippen LogP contribution is -3.00. The van der Waals surface area contributed by atoms with Gasteiger partial charge in [0.05, 0.1) is 0 Å². The van der Waals surface area contributed by atoms with Crippen LogP contribution in [0.4, 0.5) is 5.69 Å². The van der Waals surface area contributed by atoms with Gasteiger partial charge in [0.25, 0.3) is 0 Å². The Morgan fingerprint density at radius 2 is 0.756 bits per heavy atom. The number of hydrogen-bond donors (Lipinski definition) is 0. The maximum Gasteiger partial charge on any atom is 0.169 e. The molecular weight excluding hydrogens is 659 g/mol. The molecule has 45 heavy (non-hydrogen) atoms. The van der Waals surface area contributed by atoms with Gasteiger partial charge in [0, 0.05) is 30.9 Å². The Morgan fingerprint density at radius 3 is 1.11 bits per heavy atom. The van der Waals surface area contributed by atoms with E-state index in [1.54, 1.807) is 0 Å². The fraction of sp³-hybridized carbons (Fsp3) is 0.690. The third-order valence-electron chi connectivity index (χ3n) is 9.29. The summed E-state index contributed by atoms with van der Waals surface area (Å²) in [6.07, 6.45) is 42.6. The molecule has 0 fully saturated rings. The average molecular weight is 731 g/mol. The van der Waals surface area contributed by atoms with Crippen LogP contribution in [0.15, 0.2) is 48.8 Å². The number of anilines is 1. The van der Waals surface area contributed by atoms with Crippen LogP contribution in [0, 0.1) is 0 Å². The van der Waals surface area contributed by atoms with Crippen LogP contribution in [-0.2, 0) is 7.05 Å². The minimum atomic E-state index is 0. The predicted molar refractivity (Wildman–Crippen MR) is 197 cm³/mol. The first-order valence-corrected chi connectivity index (χ1v) is 19.2. The molecule has 1 aromatic carbocycles. The summed E-state index contributed by atoms with van der Waals surface area (Å²) >= 11 is 0. The molecule has 0 spiro atoms. The zero-order valence-electron chi connectivity index (χ0n) is 29.9. The molecule has 1 heterocycles. The van der Waals surface area contributed by atoms with Gasteiger partial charge >= 0.3 is 0 Å². The van der Waals surface area contributed by atoms with E-state index in [2.05, 4.69) is 91.3 Å². The van der Waals surface area contributed by atoms with Gasteiger partial charge in [-0.2, -0.15) is 0 Å². The molecule has 0 atom stereocenters. The molecule has 0 saturated carbocycles. The van der Waals surface area contributed by atoms with Gasteiger partial charge in [-0.05, 0) is 36.1 Å². The molecule has 1 aromatic heterocycles. The van der Waals surface area contributed by atoms with Gasteiger partial charge in [-0.25, -0.2) is 4.57 Å². The lowest BCUT2D eigenvalue weighted by atomic mass is 10.0. The molecule has 0 N–H and O–H groups in total. The number of rotatable bonds is 29.